The Bertz CT molecular complexity index is 787. The van der Waals surface area contributed by atoms with Crippen LogP contribution in [0, 0.1) is 6.92 Å². The highest BCUT2D eigenvalue weighted by Crippen LogP contribution is 2.36. The molecule has 4 nitrogen and oxygen atoms in total. The lowest BCUT2D eigenvalue weighted by molar-refractivity contribution is 0.476. The van der Waals surface area contributed by atoms with E-state index in [1.165, 1.54) is 0 Å². The number of aromatic hydroxyl groups is 1. The molecule has 1 heterocycles. The molecule has 3 rings (SSSR count). The van der Waals surface area contributed by atoms with Gasteiger partial charge in [-0.2, -0.15) is 0 Å². The number of hydrogen-bond acceptors (Lipinski definition) is 3. The number of aromatic nitrogens is 1. The molecule has 0 aliphatic carbocycles. The number of aryl methyl sites for hydroxylation is 2. The minimum absolute atomic E-state index is 0.253. The van der Waals surface area contributed by atoms with Gasteiger partial charge >= 0.3 is 0 Å². The summed E-state index contributed by atoms with van der Waals surface area (Å²) in [7, 11) is 1.99. The third-order valence-corrected chi connectivity index (χ3v) is 3.59. The lowest BCUT2D eigenvalue weighted by Gasteiger charge is -2.07. The van der Waals surface area contributed by atoms with Crippen molar-refractivity contribution in [2.45, 2.75) is 6.92 Å². The number of anilines is 2. The Morgan fingerprint density at radius 3 is 2.56 bits per heavy atom. The molecule has 3 aromatic rings. The normalized spacial score (nSPS) is 11.4. The minimum atomic E-state index is 0.253. The van der Waals surface area contributed by atoms with Crippen LogP contribution in [0.1, 0.15) is 5.56 Å². The number of nitrogens with zero attached hydrogens (tertiary/aromatic N) is 1. The molecule has 5 N–H and O–H groups in total. The molecule has 0 spiro atoms. The Kier molecular flexibility index (Phi) is 1.99. The average Bonchev–Trinajstić information content (AvgIpc) is 2.60. The molecular weight excluding hydrogens is 226 g/mol. The molecule has 4 heteroatoms. The van der Waals surface area contributed by atoms with Crippen LogP contribution in [0.3, 0.4) is 0 Å². The monoisotopic (exact) mass is 241 g/mol. The maximum atomic E-state index is 9.63. The molecular formula is C14H15N3O. The van der Waals surface area contributed by atoms with Crippen molar-refractivity contribution >= 4 is 33.2 Å². The number of nitrogen functional groups attached to an aromatic ring is 2. The van der Waals surface area contributed by atoms with Gasteiger partial charge in [0.25, 0.3) is 0 Å². The van der Waals surface area contributed by atoms with Gasteiger partial charge in [0.05, 0.1) is 16.9 Å². The summed E-state index contributed by atoms with van der Waals surface area (Å²) in [5, 5.41) is 11.6. The summed E-state index contributed by atoms with van der Waals surface area (Å²) >= 11 is 0. The van der Waals surface area contributed by atoms with Gasteiger partial charge in [0.1, 0.15) is 5.75 Å². The van der Waals surface area contributed by atoms with Crippen LogP contribution in [-0.2, 0) is 7.05 Å². The van der Waals surface area contributed by atoms with E-state index >= 15 is 0 Å². The van der Waals surface area contributed by atoms with Crippen LogP contribution in [0.5, 0.6) is 5.75 Å². The third-order valence-electron chi connectivity index (χ3n) is 3.59. The second-order valence-electron chi connectivity index (χ2n) is 4.66. The molecule has 0 aliphatic heterocycles. The van der Waals surface area contributed by atoms with E-state index in [9.17, 15) is 5.11 Å². The predicted molar refractivity (Wildman–Crippen MR) is 75.7 cm³/mol. The fourth-order valence-corrected chi connectivity index (χ4v) is 2.64. The summed E-state index contributed by atoms with van der Waals surface area (Å²) in [4.78, 5) is 0. The predicted octanol–water partition coefficient (Wildman–Crippen LogP) is 2.51. The Hall–Kier alpha value is -2.36. The van der Waals surface area contributed by atoms with E-state index in [0.717, 1.165) is 27.4 Å². The first-order valence-corrected chi connectivity index (χ1v) is 5.76. The Labute approximate surface area is 104 Å². The number of hydrogen-bond donors (Lipinski definition) is 3. The first-order chi connectivity index (χ1) is 8.50. The van der Waals surface area contributed by atoms with Gasteiger partial charge in [0, 0.05) is 23.3 Å². The third kappa shape index (κ3) is 1.20. The zero-order valence-electron chi connectivity index (χ0n) is 10.4. The van der Waals surface area contributed by atoms with Crippen LogP contribution in [0.15, 0.2) is 24.3 Å². The number of phenols is 1. The summed E-state index contributed by atoms with van der Waals surface area (Å²) in [6.07, 6.45) is 0. The number of fused-ring (bicyclic) bond motifs is 3. The number of phenolic OH excluding ortho intramolecular Hbond substituents is 1. The van der Waals surface area contributed by atoms with Crippen molar-refractivity contribution in [3.05, 3.63) is 29.8 Å². The summed E-state index contributed by atoms with van der Waals surface area (Å²) in [6, 6.07) is 7.21. The van der Waals surface area contributed by atoms with Gasteiger partial charge < -0.3 is 21.1 Å². The topological polar surface area (TPSA) is 77.2 Å². The van der Waals surface area contributed by atoms with Gasteiger partial charge in [-0.1, -0.05) is 0 Å². The highest BCUT2D eigenvalue weighted by Gasteiger charge is 2.14. The van der Waals surface area contributed by atoms with Crippen molar-refractivity contribution in [3.8, 4) is 5.75 Å². The zero-order chi connectivity index (χ0) is 13.0. The van der Waals surface area contributed by atoms with Gasteiger partial charge in [0.15, 0.2) is 0 Å². The zero-order valence-corrected chi connectivity index (χ0v) is 10.4. The fourth-order valence-electron chi connectivity index (χ4n) is 2.64. The van der Waals surface area contributed by atoms with Crippen molar-refractivity contribution in [2.75, 3.05) is 11.5 Å². The smallest absolute Gasteiger partial charge is 0.116 e. The first kappa shape index (κ1) is 10.8. The molecule has 0 unspecified atom stereocenters. The van der Waals surface area contributed by atoms with Crippen LogP contribution in [-0.4, -0.2) is 9.67 Å². The van der Waals surface area contributed by atoms with Crippen molar-refractivity contribution in [2.24, 2.45) is 7.05 Å². The Morgan fingerprint density at radius 2 is 1.83 bits per heavy atom. The van der Waals surface area contributed by atoms with Crippen LogP contribution < -0.4 is 11.5 Å². The fraction of sp³-hybridized carbons (Fsp3) is 0.143. The van der Waals surface area contributed by atoms with Gasteiger partial charge in [-0.05, 0) is 36.8 Å². The molecule has 0 fully saturated rings. The van der Waals surface area contributed by atoms with E-state index in [4.69, 9.17) is 11.5 Å². The van der Waals surface area contributed by atoms with E-state index in [2.05, 4.69) is 4.57 Å². The van der Waals surface area contributed by atoms with Crippen LogP contribution in [0.4, 0.5) is 11.4 Å². The summed E-state index contributed by atoms with van der Waals surface area (Å²) in [6.45, 7) is 1.97. The second-order valence-corrected chi connectivity index (χ2v) is 4.66. The second kappa shape index (κ2) is 3.32. The van der Waals surface area contributed by atoms with E-state index in [-0.39, 0.29) is 5.75 Å². The summed E-state index contributed by atoms with van der Waals surface area (Å²) in [5.74, 6) is 0.253. The number of rotatable bonds is 0. The van der Waals surface area contributed by atoms with Gasteiger partial charge in [-0.3, -0.25) is 0 Å². The van der Waals surface area contributed by atoms with Crippen LogP contribution in [0.2, 0.25) is 0 Å². The summed E-state index contributed by atoms with van der Waals surface area (Å²) < 4.78 is 2.08. The highest BCUT2D eigenvalue weighted by molar-refractivity contribution is 6.12. The molecule has 0 radical (unpaired) electrons. The number of benzene rings is 2. The SMILES string of the molecule is Cc1c(N)c(N)cc2c3cc(O)ccc3n(C)c12. The molecule has 0 bridgehead atoms. The molecule has 2 aromatic carbocycles. The quantitative estimate of drug-likeness (QED) is 0.529. The van der Waals surface area contributed by atoms with E-state index in [1.54, 1.807) is 12.1 Å². The molecule has 92 valence electrons. The van der Waals surface area contributed by atoms with Crippen molar-refractivity contribution < 1.29 is 5.11 Å². The number of nitrogens with two attached hydrogens (primary N) is 2. The van der Waals surface area contributed by atoms with Crippen molar-refractivity contribution in [1.29, 1.82) is 0 Å². The largest absolute Gasteiger partial charge is 0.508 e. The van der Waals surface area contributed by atoms with Gasteiger partial charge in [-0.15, -0.1) is 0 Å². The molecule has 0 amide bonds. The first-order valence-electron chi connectivity index (χ1n) is 5.76. The van der Waals surface area contributed by atoms with Gasteiger partial charge in [0.2, 0.25) is 0 Å². The molecule has 0 atom stereocenters. The average molecular weight is 241 g/mol. The van der Waals surface area contributed by atoms with Crippen LogP contribution >= 0.6 is 0 Å². The lowest BCUT2D eigenvalue weighted by atomic mass is 10.1. The van der Waals surface area contributed by atoms with Crippen molar-refractivity contribution in [1.82, 2.24) is 4.57 Å². The van der Waals surface area contributed by atoms with E-state index in [1.807, 2.05) is 26.1 Å². The van der Waals surface area contributed by atoms with Crippen LogP contribution in [0.25, 0.3) is 21.8 Å². The van der Waals surface area contributed by atoms with E-state index in [0.29, 0.717) is 11.4 Å². The molecule has 18 heavy (non-hydrogen) atoms. The maximum absolute atomic E-state index is 9.63. The molecule has 1 aromatic heterocycles. The molecule has 0 saturated heterocycles. The Balaban J connectivity index is 2.65. The Morgan fingerprint density at radius 1 is 1.11 bits per heavy atom. The van der Waals surface area contributed by atoms with Gasteiger partial charge in [-0.25, -0.2) is 0 Å². The van der Waals surface area contributed by atoms with Crippen molar-refractivity contribution in [3.63, 3.8) is 0 Å². The highest BCUT2D eigenvalue weighted by atomic mass is 16.3. The maximum Gasteiger partial charge on any atom is 0.116 e. The molecule has 0 aliphatic rings. The molecule has 0 saturated carbocycles. The lowest BCUT2D eigenvalue weighted by Crippen LogP contribution is -1.99. The standard InChI is InChI=1S/C14H15N3O/c1-7-13(16)11(15)6-10-9-5-8(18)3-4-12(9)17(2)14(7)10/h3-6,18H,15-16H2,1-2H3. The minimum Gasteiger partial charge on any atom is -0.508 e. The van der Waals surface area contributed by atoms with E-state index < -0.39 is 0 Å². The summed E-state index contributed by atoms with van der Waals surface area (Å²) in [5.41, 5.74) is 16.2.